The van der Waals surface area contributed by atoms with Crippen LogP contribution in [0.1, 0.15) is 23.2 Å². The van der Waals surface area contributed by atoms with Gasteiger partial charge in [-0.2, -0.15) is 13.2 Å². The second-order valence-electron chi connectivity index (χ2n) is 2.91. The van der Waals surface area contributed by atoms with Gasteiger partial charge in [0.05, 0.1) is 12.3 Å². The van der Waals surface area contributed by atoms with Crippen LogP contribution in [0.25, 0.3) is 0 Å². The van der Waals surface area contributed by atoms with Crippen LogP contribution in [-0.2, 0) is 12.8 Å². The Morgan fingerprint density at radius 3 is 2.31 bits per heavy atom. The van der Waals surface area contributed by atoms with Crippen molar-refractivity contribution in [3.63, 3.8) is 0 Å². The molecule has 0 radical (unpaired) electrons. The second-order valence-corrected chi connectivity index (χ2v) is 2.91. The lowest BCUT2D eigenvalue weighted by Gasteiger charge is -2.14. The summed E-state index contributed by atoms with van der Waals surface area (Å²) in [6.45, 7) is -1.00. The highest BCUT2D eigenvalue weighted by Crippen LogP contribution is 2.36. The van der Waals surface area contributed by atoms with E-state index in [9.17, 15) is 22.0 Å². The number of aromatic nitrogens is 1. The Morgan fingerprint density at radius 1 is 1.38 bits per heavy atom. The molecule has 0 atom stereocenters. The smallest absolute Gasteiger partial charge is 0.397 e. The first-order valence-electron chi connectivity index (χ1n) is 4.02. The van der Waals surface area contributed by atoms with E-state index < -0.39 is 41.7 Å². The van der Waals surface area contributed by atoms with E-state index in [4.69, 9.17) is 10.8 Å². The number of aliphatic hydroxyl groups excluding tert-OH is 1. The van der Waals surface area contributed by atoms with E-state index in [1.54, 1.807) is 0 Å². The van der Waals surface area contributed by atoms with Crippen LogP contribution in [0.2, 0.25) is 0 Å². The third-order valence-electron chi connectivity index (χ3n) is 1.92. The molecule has 0 saturated carbocycles. The van der Waals surface area contributed by atoms with Gasteiger partial charge in [0.2, 0.25) is 0 Å². The molecule has 3 nitrogen and oxygen atoms in total. The van der Waals surface area contributed by atoms with Gasteiger partial charge in [-0.25, -0.2) is 13.8 Å². The average Bonchev–Trinajstić information content (AvgIpc) is 2.14. The first-order valence-corrected chi connectivity index (χ1v) is 4.02. The maximum absolute atomic E-state index is 12.3. The number of nitrogen functional groups attached to an aromatic ring is 1. The molecule has 3 N–H and O–H groups in total. The van der Waals surface area contributed by atoms with Crippen LogP contribution in [0.15, 0.2) is 6.20 Å². The third kappa shape index (κ3) is 2.21. The molecule has 0 aliphatic heterocycles. The molecule has 0 unspecified atom stereocenters. The number of rotatable bonds is 2. The molecular weight excluding hydrogens is 235 g/mol. The number of aliphatic hydroxyl groups is 1. The normalized spacial score (nSPS) is 12.2. The van der Waals surface area contributed by atoms with Gasteiger partial charge >= 0.3 is 6.18 Å². The fraction of sp³-hybridized carbons (Fsp3) is 0.375. The summed E-state index contributed by atoms with van der Waals surface area (Å²) in [5.41, 5.74) is 1.17. The largest absolute Gasteiger partial charge is 0.435 e. The van der Waals surface area contributed by atoms with Crippen LogP contribution < -0.4 is 5.73 Å². The lowest BCUT2D eigenvalue weighted by atomic mass is 10.1. The van der Waals surface area contributed by atoms with Gasteiger partial charge in [-0.15, -0.1) is 0 Å². The van der Waals surface area contributed by atoms with Crippen LogP contribution >= 0.6 is 0 Å². The number of anilines is 1. The number of hydrogen-bond donors (Lipinski definition) is 2. The van der Waals surface area contributed by atoms with Crippen molar-refractivity contribution in [2.45, 2.75) is 19.2 Å². The predicted octanol–water partition coefficient (Wildman–Crippen LogP) is 2.11. The fourth-order valence-corrected chi connectivity index (χ4v) is 1.17. The van der Waals surface area contributed by atoms with Crippen molar-refractivity contribution in [2.24, 2.45) is 0 Å². The number of halogens is 5. The zero-order valence-corrected chi connectivity index (χ0v) is 7.72. The van der Waals surface area contributed by atoms with Crippen LogP contribution in [0, 0.1) is 0 Å². The molecule has 1 aromatic heterocycles. The topological polar surface area (TPSA) is 59.1 Å². The van der Waals surface area contributed by atoms with E-state index in [1.807, 2.05) is 0 Å². The highest BCUT2D eigenvalue weighted by molar-refractivity contribution is 5.55. The van der Waals surface area contributed by atoms with Crippen molar-refractivity contribution in [3.8, 4) is 0 Å². The fourth-order valence-electron chi connectivity index (χ4n) is 1.17. The lowest BCUT2D eigenvalue weighted by Crippen LogP contribution is -2.15. The van der Waals surface area contributed by atoms with Crippen LogP contribution in [0.3, 0.4) is 0 Å². The quantitative estimate of drug-likeness (QED) is 0.781. The maximum Gasteiger partial charge on any atom is 0.435 e. The molecule has 90 valence electrons. The van der Waals surface area contributed by atoms with Crippen molar-refractivity contribution in [1.82, 2.24) is 4.98 Å². The summed E-state index contributed by atoms with van der Waals surface area (Å²) in [5, 5.41) is 8.73. The van der Waals surface area contributed by atoms with Crippen molar-refractivity contribution >= 4 is 5.69 Å². The molecule has 0 amide bonds. The van der Waals surface area contributed by atoms with Gasteiger partial charge < -0.3 is 10.8 Å². The van der Waals surface area contributed by atoms with E-state index in [-0.39, 0.29) is 0 Å². The molecule has 0 bridgehead atoms. The zero-order chi connectivity index (χ0) is 12.5. The molecule has 0 aromatic carbocycles. The lowest BCUT2D eigenvalue weighted by molar-refractivity contribution is -0.140. The van der Waals surface area contributed by atoms with Crippen LogP contribution in [0.4, 0.5) is 27.6 Å². The molecule has 0 fully saturated rings. The Morgan fingerprint density at radius 2 is 1.94 bits per heavy atom. The molecule has 0 spiro atoms. The monoisotopic (exact) mass is 242 g/mol. The van der Waals surface area contributed by atoms with Gasteiger partial charge in [-0.3, -0.25) is 0 Å². The second kappa shape index (κ2) is 4.20. The Bertz CT molecular complexity index is 391. The summed E-state index contributed by atoms with van der Waals surface area (Å²) in [6.07, 6.45) is -7.51. The average molecular weight is 242 g/mol. The predicted molar refractivity (Wildman–Crippen MR) is 44.5 cm³/mol. The molecule has 1 aromatic rings. The van der Waals surface area contributed by atoms with Crippen molar-refractivity contribution in [3.05, 3.63) is 23.0 Å². The standard InChI is InChI=1S/C8H7F5N2O/c9-7(10)3-1-15-6(8(11,12)13)5(14)4(3)2-16/h1,7,16H,2,14H2. The molecule has 1 rings (SSSR count). The van der Waals surface area contributed by atoms with Gasteiger partial charge in [0.1, 0.15) is 0 Å². The Hall–Kier alpha value is -1.44. The first-order chi connectivity index (χ1) is 7.29. The van der Waals surface area contributed by atoms with Crippen molar-refractivity contribution < 1.29 is 27.1 Å². The molecule has 16 heavy (non-hydrogen) atoms. The van der Waals surface area contributed by atoms with Crippen LogP contribution in [-0.4, -0.2) is 10.1 Å². The van der Waals surface area contributed by atoms with E-state index >= 15 is 0 Å². The number of pyridine rings is 1. The van der Waals surface area contributed by atoms with Gasteiger partial charge in [0.25, 0.3) is 6.43 Å². The summed E-state index contributed by atoms with van der Waals surface area (Å²) >= 11 is 0. The van der Waals surface area contributed by atoms with Crippen LogP contribution in [0.5, 0.6) is 0 Å². The van der Waals surface area contributed by atoms with Gasteiger partial charge in [-0.05, 0) is 0 Å². The van der Waals surface area contributed by atoms with E-state index in [0.717, 1.165) is 0 Å². The third-order valence-corrected chi connectivity index (χ3v) is 1.92. The Kier molecular flexibility index (Phi) is 3.32. The van der Waals surface area contributed by atoms with Crippen molar-refractivity contribution in [1.29, 1.82) is 0 Å². The number of alkyl halides is 5. The molecule has 0 aliphatic carbocycles. The Labute approximate surface area is 86.7 Å². The number of hydrogen-bond acceptors (Lipinski definition) is 3. The van der Waals surface area contributed by atoms with Crippen molar-refractivity contribution in [2.75, 3.05) is 5.73 Å². The summed E-state index contributed by atoms with van der Waals surface area (Å²) < 4.78 is 61.5. The van der Waals surface area contributed by atoms with E-state index in [1.165, 1.54) is 0 Å². The highest BCUT2D eigenvalue weighted by atomic mass is 19.4. The van der Waals surface area contributed by atoms with Gasteiger partial charge in [0, 0.05) is 17.3 Å². The molecular formula is C8H7F5N2O. The number of nitrogens with two attached hydrogens (primary N) is 1. The molecule has 0 aliphatic rings. The van der Waals surface area contributed by atoms with E-state index in [2.05, 4.69) is 4.98 Å². The minimum Gasteiger partial charge on any atom is -0.397 e. The summed E-state index contributed by atoms with van der Waals surface area (Å²) in [6, 6.07) is 0. The number of nitrogens with zero attached hydrogens (tertiary/aromatic N) is 1. The maximum atomic E-state index is 12.3. The molecule has 8 heteroatoms. The molecule has 1 heterocycles. The van der Waals surface area contributed by atoms with E-state index in [0.29, 0.717) is 6.20 Å². The zero-order valence-electron chi connectivity index (χ0n) is 7.72. The Balaban J connectivity index is 3.41. The first kappa shape index (κ1) is 12.6. The summed E-state index contributed by atoms with van der Waals surface area (Å²) in [4.78, 5) is 2.84. The highest BCUT2D eigenvalue weighted by Gasteiger charge is 2.36. The minimum atomic E-state index is -4.84. The SMILES string of the molecule is Nc1c(C(F)(F)F)ncc(C(F)F)c1CO. The van der Waals surface area contributed by atoms with Gasteiger partial charge in [0.15, 0.2) is 5.69 Å². The molecule has 0 saturated heterocycles. The van der Waals surface area contributed by atoms with Gasteiger partial charge in [-0.1, -0.05) is 0 Å². The minimum absolute atomic E-state index is 0.370. The summed E-state index contributed by atoms with van der Waals surface area (Å²) in [5.74, 6) is 0. The summed E-state index contributed by atoms with van der Waals surface area (Å²) in [7, 11) is 0.